The Morgan fingerprint density at radius 2 is 1.67 bits per heavy atom. The van der Waals surface area contributed by atoms with Crippen LogP contribution in [-0.2, 0) is 16.6 Å². The van der Waals surface area contributed by atoms with E-state index in [-0.39, 0.29) is 18.3 Å². The number of likely N-dealkylation sites (N-methyl/N-ethyl adjacent to an activating group) is 1. The number of anilines is 4. The molecule has 3 aromatic rings. The van der Waals surface area contributed by atoms with E-state index >= 15 is 0 Å². The molecular weight excluding hydrogens is 497 g/mol. The van der Waals surface area contributed by atoms with Crippen molar-refractivity contribution < 1.29 is 8.42 Å². The Bertz CT molecular complexity index is 1270. The smallest absolute Gasteiger partial charge is 0.244 e. The number of piperazine rings is 1. The normalized spacial score (nSPS) is 14.9. The van der Waals surface area contributed by atoms with Gasteiger partial charge >= 0.3 is 0 Å². The summed E-state index contributed by atoms with van der Waals surface area (Å²) in [6.45, 7) is 5.26. The third-order valence-corrected chi connectivity index (χ3v) is 8.00. The molecule has 0 radical (unpaired) electrons. The van der Waals surface area contributed by atoms with Crippen LogP contribution in [0.2, 0.25) is 5.02 Å². The van der Waals surface area contributed by atoms with Crippen LogP contribution in [0, 0.1) is 0 Å². The summed E-state index contributed by atoms with van der Waals surface area (Å²) in [5.41, 5.74) is 2.47. The second-order valence-corrected chi connectivity index (χ2v) is 11.2. The van der Waals surface area contributed by atoms with E-state index in [0.29, 0.717) is 17.5 Å². The van der Waals surface area contributed by atoms with Crippen molar-refractivity contribution in [2.24, 2.45) is 0 Å². The standard InChI is InChI=1S/C24H30ClN7O2S.BH4/c1-30(2)35(33,34)22-7-5-4-6-21(22)28-23-20(25)16-26-24(29-23)27-19-10-8-18(9-11-19)17-32-14-12-31(3)13-15-32;/h4-11,16H,12-15,17H2,1-3H3,(H2,26,27,28,29);1H4/q;-1. The van der Waals surface area contributed by atoms with Crippen LogP contribution in [-0.4, -0.2) is 88.2 Å². The van der Waals surface area contributed by atoms with E-state index in [4.69, 9.17) is 11.6 Å². The second-order valence-electron chi connectivity index (χ2n) is 8.70. The first-order valence-corrected chi connectivity index (χ1v) is 13.1. The lowest BCUT2D eigenvalue weighted by Crippen LogP contribution is -2.43. The highest BCUT2D eigenvalue weighted by atomic mass is 35.5. The molecule has 0 aliphatic carbocycles. The van der Waals surface area contributed by atoms with Gasteiger partial charge in [0.15, 0.2) is 5.82 Å². The lowest BCUT2D eigenvalue weighted by atomic mass is 10.2. The molecule has 12 heteroatoms. The van der Waals surface area contributed by atoms with Gasteiger partial charge in [-0.25, -0.2) is 17.7 Å². The lowest BCUT2D eigenvalue weighted by molar-refractivity contribution is 0.148. The molecule has 2 heterocycles. The molecule has 0 saturated carbocycles. The number of halogens is 1. The van der Waals surface area contributed by atoms with E-state index in [1.165, 1.54) is 31.9 Å². The van der Waals surface area contributed by atoms with E-state index in [2.05, 4.69) is 49.6 Å². The fourth-order valence-corrected chi connectivity index (χ4v) is 4.90. The molecular formula is C24H34BClN7O2S-. The molecule has 1 aliphatic rings. The van der Waals surface area contributed by atoms with Crippen molar-refractivity contribution >= 4 is 53.2 Å². The Hall–Kier alpha value is -2.70. The van der Waals surface area contributed by atoms with Crippen LogP contribution in [0.3, 0.4) is 0 Å². The molecule has 36 heavy (non-hydrogen) atoms. The van der Waals surface area contributed by atoms with Crippen molar-refractivity contribution in [1.29, 1.82) is 0 Å². The molecule has 0 atom stereocenters. The summed E-state index contributed by atoms with van der Waals surface area (Å²) in [6.07, 6.45) is 1.48. The molecule has 1 fully saturated rings. The van der Waals surface area contributed by atoms with Crippen molar-refractivity contribution in [3.63, 3.8) is 0 Å². The minimum atomic E-state index is -3.65. The Morgan fingerprint density at radius 1 is 1.00 bits per heavy atom. The molecule has 0 spiro atoms. The summed E-state index contributed by atoms with van der Waals surface area (Å²) in [4.78, 5) is 13.7. The van der Waals surface area contributed by atoms with Gasteiger partial charge in [-0.05, 0) is 36.9 Å². The average Bonchev–Trinajstić information content (AvgIpc) is 2.84. The van der Waals surface area contributed by atoms with Gasteiger partial charge in [-0.3, -0.25) is 4.90 Å². The summed E-state index contributed by atoms with van der Waals surface area (Å²) in [6, 6.07) is 14.8. The fraction of sp³-hybridized carbons (Fsp3) is 0.333. The molecule has 4 rings (SSSR count). The summed E-state index contributed by atoms with van der Waals surface area (Å²) in [5, 5.41) is 6.51. The highest BCUT2D eigenvalue weighted by Crippen LogP contribution is 2.29. The number of hydrogen-bond donors (Lipinski definition) is 2. The molecule has 9 nitrogen and oxygen atoms in total. The fourth-order valence-electron chi connectivity index (χ4n) is 3.72. The predicted octanol–water partition coefficient (Wildman–Crippen LogP) is 2.16. The van der Waals surface area contributed by atoms with Gasteiger partial charge < -0.3 is 15.5 Å². The molecule has 194 valence electrons. The minimum Gasteiger partial charge on any atom is -0.338 e. The van der Waals surface area contributed by atoms with Crippen molar-refractivity contribution in [2.45, 2.75) is 11.4 Å². The van der Waals surface area contributed by atoms with Gasteiger partial charge in [-0.2, -0.15) is 4.98 Å². The van der Waals surface area contributed by atoms with E-state index < -0.39 is 10.0 Å². The highest BCUT2D eigenvalue weighted by Gasteiger charge is 2.22. The number of benzene rings is 2. The number of sulfonamides is 1. The maximum absolute atomic E-state index is 12.7. The van der Waals surface area contributed by atoms with Crippen LogP contribution in [0.4, 0.5) is 23.1 Å². The van der Waals surface area contributed by atoms with Crippen LogP contribution in [0.15, 0.2) is 59.6 Å². The topological polar surface area (TPSA) is 93.7 Å². The zero-order chi connectivity index (χ0) is 25.0. The average molecular weight is 531 g/mol. The summed E-state index contributed by atoms with van der Waals surface area (Å²) in [7, 11) is 1.48. The van der Waals surface area contributed by atoms with Crippen LogP contribution in [0.25, 0.3) is 0 Å². The third kappa shape index (κ3) is 6.74. The predicted molar refractivity (Wildman–Crippen MR) is 151 cm³/mol. The maximum Gasteiger partial charge on any atom is 0.244 e. The Kier molecular flexibility index (Phi) is 9.32. The molecule has 1 saturated heterocycles. The zero-order valence-corrected chi connectivity index (χ0v) is 21.6. The molecule has 1 aliphatic heterocycles. The number of nitrogens with zero attached hydrogens (tertiary/aromatic N) is 5. The van der Waals surface area contributed by atoms with Crippen molar-refractivity contribution in [3.8, 4) is 0 Å². The summed E-state index contributed by atoms with van der Waals surface area (Å²) >= 11 is 6.32. The molecule has 2 N–H and O–H groups in total. The van der Waals surface area contributed by atoms with Crippen LogP contribution in [0.1, 0.15) is 5.56 Å². The number of nitrogens with one attached hydrogen (secondary N) is 2. The van der Waals surface area contributed by atoms with Crippen LogP contribution >= 0.6 is 11.6 Å². The van der Waals surface area contributed by atoms with Crippen molar-refractivity contribution in [2.75, 3.05) is 58.0 Å². The summed E-state index contributed by atoms with van der Waals surface area (Å²) in [5.74, 6) is 0.647. The lowest BCUT2D eigenvalue weighted by Gasteiger charge is -2.32. The molecule has 0 bridgehead atoms. The monoisotopic (exact) mass is 530 g/mol. The maximum atomic E-state index is 12.7. The van der Waals surface area contributed by atoms with Crippen molar-refractivity contribution in [3.05, 3.63) is 65.3 Å². The molecule has 2 aromatic carbocycles. The minimum absolute atomic E-state index is 0. The van der Waals surface area contributed by atoms with Gasteiger partial charge in [0.1, 0.15) is 9.92 Å². The van der Waals surface area contributed by atoms with Crippen LogP contribution in [0.5, 0.6) is 0 Å². The first kappa shape index (κ1) is 27.9. The number of rotatable bonds is 8. The Morgan fingerprint density at radius 3 is 2.33 bits per heavy atom. The van der Waals surface area contributed by atoms with Crippen LogP contribution < -0.4 is 10.6 Å². The zero-order valence-electron chi connectivity index (χ0n) is 20.1. The van der Waals surface area contributed by atoms with Crippen molar-refractivity contribution in [1.82, 2.24) is 24.1 Å². The number of para-hydroxylation sites is 1. The van der Waals surface area contributed by atoms with E-state index in [9.17, 15) is 8.42 Å². The van der Waals surface area contributed by atoms with E-state index in [1.807, 2.05) is 12.1 Å². The SMILES string of the molecule is CN1CCN(Cc2ccc(Nc3ncc(Cl)c(Nc4ccccc4S(=O)(=O)N(C)C)n3)cc2)CC1.[BH4-]. The largest absolute Gasteiger partial charge is 0.338 e. The van der Waals surface area contributed by atoms with Gasteiger partial charge in [0.25, 0.3) is 0 Å². The van der Waals surface area contributed by atoms with Gasteiger partial charge in [0, 0.05) is 52.5 Å². The molecule has 1 aromatic heterocycles. The van der Waals surface area contributed by atoms with Gasteiger partial charge in [0.2, 0.25) is 16.0 Å². The molecule has 0 amide bonds. The van der Waals surface area contributed by atoms with E-state index in [0.717, 1.165) is 42.7 Å². The highest BCUT2D eigenvalue weighted by molar-refractivity contribution is 7.89. The first-order valence-electron chi connectivity index (χ1n) is 11.3. The second kappa shape index (κ2) is 12.0. The molecule has 0 unspecified atom stereocenters. The summed E-state index contributed by atoms with van der Waals surface area (Å²) < 4.78 is 26.6. The number of hydrogen-bond acceptors (Lipinski definition) is 8. The third-order valence-electron chi connectivity index (χ3n) is 5.86. The quantitative estimate of drug-likeness (QED) is 0.428. The first-order chi connectivity index (χ1) is 16.7. The van der Waals surface area contributed by atoms with Gasteiger partial charge in [-0.15, -0.1) is 0 Å². The number of aromatic nitrogens is 2. The Labute approximate surface area is 220 Å². The van der Waals surface area contributed by atoms with Gasteiger partial charge in [0.05, 0.1) is 11.9 Å². The van der Waals surface area contributed by atoms with E-state index in [1.54, 1.807) is 18.2 Å². The Balaban J connectivity index is 0.00000361. The van der Waals surface area contributed by atoms with Gasteiger partial charge in [-0.1, -0.05) is 44.3 Å².